The molecule has 0 unspecified atom stereocenters. The third-order valence-corrected chi connectivity index (χ3v) is 4.46. The summed E-state index contributed by atoms with van der Waals surface area (Å²) in [4.78, 5) is 28.9. The van der Waals surface area contributed by atoms with Gasteiger partial charge in [-0.3, -0.25) is 0 Å². The minimum atomic E-state index is -0.862. The third-order valence-electron chi connectivity index (χ3n) is 4.46. The molecule has 0 saturated heterocycles. The Balaban J connectivity index is 1.39. The van der Waals surface area contributed by atoms with E-state index < -0.39 is 17.3 Å². The molecule has 0 spiro atoms. The molecule has 0 amide bonds. The van der Waals surface area contributed by atoms with Gasteiger partial charge < -0.3 is 13.7 Å². The van der Waals surface area contributed by atoms with Crippen molar-refractivity contribution in [1.82, 2.24) is 14.7 Å². The third kappa shape index (κ3) is 4.24. The zero-order chi connectivity index (χ0) is 21.1. The Morgan fingerprint density at radius 3 is 2.67 bits per heavy atom. The summed E-state index contributed by atoms with van der Waals surface area (Å²) in [5, 5.41) is 0. The number of benzene rings is 2. The van der Waals surface area contributed by atoms with Crippen LogP contribution in [0.25, 0.3) is 11.5 Å². The van der Waals surface area contributed by atoms with Gasteiger partial charge in [-0.2, -0.15) is 0 Å². The second-order valence-corrected chi connectivity index (χ2v) is 6.60. The molecule has 4 rings (SSSR count). The van der Waals surface area contributed by atoms with Crippen molar-refractivity contribution in [3.63, 3.8) is 0 Å². The van der Waals surface area contributed by atoms with Crippen LogP contribution >= 0.6 is 0 Å². The Labute approximate surface area is 169 Å². The minimum Gasteiger partial charge on any atom is -0.490 e. The normalized spacial score (nSPS) is 11.0. The van der Waals surface area contributed by atoms with Crippen molar-refractivity contribution in [3.05, 3.63) is 92.4 Å². The quantitative estimate of drug-likeness (QED) is 0.502. The molecular formula is C21H18FN3O5. The van der Waals surface area contributed by atoms with E-state index in [2.05, 4.69) is 9.51 Å². The first-order valence-electron chi connectivity index (χ1n) is 9.23. The van der Waals surface area contributed by atoms with Crippen molar-refractivity contribution >= 4 is 0 Å². The Bertz CT molecular complexity index is 1270. The number of halogens is 1. The van der Waals surface area contributed by atoms with Gasteiger partial charge in [-0.25, -0.2) is 23.9 Å². The van der Waals surface area contributed by atoms with Crippen LogP contribution in [0.4, 0.5) is 4.39 Å². The van der Waals surface area contributed by atoms with Crippen molar-refractivity contribution in [2.24, 2.45) is 0 Å². The van der Waals surface area contributed by atoms with Gasteiger partial charge in [0.1, 0.15) is 5.76 Å². The first-order chi connectivity index (χ1) is 14.5. The molecule has 0 bridgehead atoms. The minimum absolute atomic E-state index is 0.0742. The molecule has 2 heterocycles. The van der Waals surface area contributed by atoms with Gasteiger partial charge in [0.15, 0.2) is 11.6 Å². The topological polar surface area (TPSA) is 103 Å². The van der Waals surface area contributed by atoms with Crippen LogP contribution in [-0.2, 0) is 13.0 Å². The smallest absolute Gasteiger partial charge is 0.440 e. The lowest BCUT2D eigenvalue weighted by molar-refractivity contribution is 0.257. The average molecular weight is 411 g/mol. The molecule has 8 nitrogen and oxygen atoms in total. The van der Waals surface area contributed by atoms with Crippen molar-refractivity contribution in [3.8, 4) is 17.2 Å². The van der Waals surface area contributed by atoms with E-state index in [0.29, 0.717) is 23.6 Å². The maximum atomic E-state index is 14.3. The molecule has 30 heavy (non-hydrogen) atoms. The Hall–Kier alpha value is -3.88. The van der Waals surface area contributed by atoms with Crippen LogP contribution in [0.2, 0.25) is 0 Å². The molecule has 0 saturated carbocycles. The Morgan fingerprint density at radius 2 is 1.97 bits per heavy atom. The molecule has 0 fully saturated rings. The zero-order valence-corrected chi connectivity index (χ0v) is 16.1. The number of aryl methyl sites for hydroxylation is 1. The summed E-state index contributed by atoms with van der Waals surface area (Å²) in [7, 11) is 0. The first-order valence-corrected chi connectivity index (χ1v) is 9.23. The Morgan fingerprint density at radius 1 is 1.17 bits per heavy atom. The molecule has 2 aromatic carbocycles. The van der Waals surface area contributed by atoms with Crippen molar-refractivity contribution in [1.29, 1.82) is 0 Å². The highest BCUT2D eigenvalue weighted by atomic mass is 19.1. The van der Waals surface area contributed by atoms with Crippen LogP contribution in [0.5, 0.6) is 5.75 Å². The van der Waals surface area contributed by atoms with Gasteiger partial charge >= 0.3 is 11.4 Å². The predicted octanol–water partition coefficient (Wildman–Crippen LogP) is 2.90. The molecule has 0 aliphatic heterocycles. The highest BCUT2D eigenvalue weighted by Gasteiger charge is 2.13. The molecule has 4 aromatic rings. The number of hydrogen-bond donors (Lipinski definition) is 1. The lowest BCUT2D eigenvalue weighted by atomic mass is 10.2. The van der Waals surface area contributed by atoms with E-state index in [1.165, 1.54) is 12.1 Å². The van der Waals surface area contributed by atoms with Gasteiger partial charge in [-0.1, -0.05) is 24.3 Å². The lowest BCUT2D eigenvalue weighted by Gasteiger charge is -2.08. The van der Waals surface area contributed by atoms with E-state index in [-0.39, 0.29) is 18.9 Å². The van der Waals surface area contributed by atoms with Crippen LogP contribution in [0, 0.1) is 12.7 Å². The summed E-state index contributed by atoms with van der Waals surface area (Å²) in [6, 6.07) is 13.8. The van der Waals surface area contributed by atoms with Gasteiger partial charge in [0.2, 0.25) is 5.89 Å². The molecular weight excluding hydrogens is 393 g/mol. The summed E-state index contributed by atoms with van der Waals surface area (Å²) in [5.74, 6) is -0.151. The second-order valence-electron chi connectivity index (χ2n) is 6.60. The molecule has 9 heteroatoms. The summed E-state index contributed by atoms with van der Waals surface area (Å²) in [5.41, 5.74) is 1.38. The van der Waals surface area contributed by atoms with Crippen molar-refractivity contribution < 1.29 is 18.1 Å². The number of nitrogens with one attached hydrogen (secondary N) is 1. The largest absolute Gasteiger partial charge is 0.490 e. The fraction of sp³-hybridized carbons (Fsp3) is 0.190. The van der Waals surface area contributed by atoms with Gasteiger partial charge in [-0.05, 0) is 36.8 Å². The SMILES string of the molecule is Cc1oc(-c2ccccc2)nc1CCOc1ccc(Cn2oc(=O)[nH]c2=O)cc1F. The fourth-order valence-corrected chi connectivity index (χ4v) is 2.97. The molecule has 0 aliphatic rings. The summed E-state index contributed by atoms with van der Waals surface area (Å²) >= 11 is 0. The van der Waals surface area contributed by atoms with Gasteiger partial charge in [0.05, 0.1) is 18.8 Å². The number of oxazole rings is 1. The fourth-order valence-electron chi connectivity index (χ4n) is 2.97. The number of rotatable bonds is 7. The maximum absolute atomic E-state index is 14.3. The highest BCUT2D eigenvalue weighted by Crippen LogP contribution is 2.23. The number of H-pyrrole nitrogens is 1. The summed E-state index contributed by atoms with van der Waals surface area (Å²) < 4.78 is 31.1. The number of aromatic nitrogens is 3. The van der Waals surface area contributed by atoms with E-state index in [1.807, 2.05) is 42.2 Å². The van der Waals surface area contributed by atoms with Crippen LogP contribution in [0.3, 0.4) is 0 Å². The molecule has 0 atom stereocenters. The average Bonchev–Trinajstić information content (AvgIpc) is 3.25. The van der Waals surface area contributed by atoms with Gasteiger partial charge in [0.25, 0.3) is 0 Å². The van der Waals surface area contributed by atoms with E-state index in [9.17, 15) is 14.0 Å². The van der Waals surface area contributed by atoms with E-state index in [4.69, 9.17) is 9.15 Å². The van der Waals surface area contributed by atoms with Crippen LogP contribution in [0.15, 0.2) is 67.1 Å². The summed E-state index contributed by atoms with van der Waals surface area (Å²) in [6.45, 7) is 1.96. The van der Waals surface area contributed by atoms with Crippen molar-refractivity contribution in [2.45, 2.75) is 19.9 Å². The monoisotopic (exact) mass is 411 g/mol. The van der Waals surface area contributed by atoms with Crippen LogP contribution in [-0.4, -0.2) is 21.3 Å². The maximum Gasteiger partial charge on any atom is 0.440 e. The van der Waals surface area contributed by atoms with Crippen LogP contribution < -0.4 is 16.2 Å². The highest BCUT2D eigenvalue weighted by molar-refractivity contribution is 5.53. The zero-order valence-electron chi connectivity index (χ0n) is 16.1. The number of ether oxygens (including phenoxy) is 1. The molecule has 154 valence electrons. The van der Waals surface area contributed by atoms with Gasteiger partial charge in [-0.15, -0.1) is 4.74 Å². The van der Waals surface area contributed by atoms with Crippen molar-refractivity contribution in [2.75, 3.05) is 6.61 Å². The lowest BCUT2D eigenvalue weighted by Crippen LogP contribution is -2.17. The predicted molar refractivity (Wildman–Crippen MR) is 105 cm³/mol. The van der Waals surface area contributed by atoms with Crippen LogP contribution in [0.1, 0.15) is 17.0 Å². The molecule has 1 N–H and O–H groups in total. The van der Waals surface area contributed by atoms with E-state index in [0.717, 1.165) is 16.0 Å². The first kappa shape index (κ1) is 19.4. The van der Waals surface area contributed by atoms with E-state index >= 15 is 0 Å². The van der Waals surface area contributed by atoms with E-state index in [1.54, 1.807) is 6.07 Å². The number of aromatic amines is 1. The summed E-state index contributed by atoms with van der Waals surface area (Å²) in [6.07, 6.45) is 0.452. The van der Waals surface area contributed by atoms with Gasteiger partial charge in [0, 0.05) is 12.0 Å². The molecule has 0 aliphatic carbocycles. The number of nitrogens with zero attached hydrogens (tertiary/aromatic N) is 2. The Kier molecular flexibility index (Phi) is 5.34. The second kappa shape index (κ2) is 8.24. The number of hydrogen-bond acceptors (Lipinski definition) is 6. The standard InChI is InChI=1S/C21H18FN3O5/c1-13-17(23-19(29-13)15-5-3-2-4-6-15)9-10-28-18-8-7-14(11-16(18)22)12-25-20(26)24-21(27)30-25/h2-8,11H,9-10,12H2,1H3,(H,24,26,27). The molecule has 2 aromatic heterocycles. The molecule has 0 radical (unpaired) electrons.